The number of H-pyrrole nitrogens is 1. The van der Waals surface area contributed by atoms with Gasteiger partial charge in [-0.15, -0.1) is 11.3 Å². The Kier molecular flexibility index (Phi) is 4.07. The van der Waals surface area contributed by atoms with E-state index in [0.29, 0.717) is 10.9 Å². The number of nitrogens with zero attached hydrogens (tertiary/aromatic N) is 3. The molecule has 0 radical (unpaired) electrons. The summed E-state index contributed by atoms with van der Waals surface area (Å²) in [7, 11) is 0. The highest BCUT2D eigenvalue weighted by molar-refractivity contribution is 7.11. The van der Waals surface area contributed by atoms with Crippen LogP contribution in [0.5, 0.6) is 0 Å². The molecular formula is C19H22N4OS. The van der Waals surface area contributed by atoms with Crippen molar-refractivity contribution in [3.05, 3.63) is 45.7 Å². The second kappa shape index (κ2) is 6.26. The van der Waals surface area contributed by atoms with Crippen molar-refractivity contribution in [3.8, 4) is 0 Å². The number of carbonyl (C=O) groups is 1. The summed E-state index contributed by atoms with van der Waals surface area (Å²) in [5.74, 6) is 1.25. The minimum Gasteiger partial charge on any atom is -0.340 e. The first kappa shape index (κ1) is 16.3. The average Bonchev–Trinajstić information content (AvgIpc) is 3.32. The zero-order chi connectivity index (χ0) is 17.6. The fraction of sp³-hybridized carbons (Fsp3) is 0.421. The number of nitrogens with one attached hydrogen (secondary N) is 1. The van der Waals surface area contributed by atoms with E-state index in [1.807, 2.05) is 22.4 Å². The Labute approximate surface area is 151 Å². The normalized spacial score (nSPS) is 17.8. The lowest BCUT2D eigenvalue weighted by atomic mass is 10.2. The number of imidazole rings is 1. The summed E-state index contributed by atoms with van der Waals surface area (Å²) in [5, 5.41) is 2.58. The number of amides is 1. The number of aromatic nitrogens is 3. The molecule has 1 aromatic carbocycles. The maximum Gasteiger partial charge on any atom is 0.283 e. The van der Waals surface area contributed by atoms with Gasteiger partial charge in [-0.3, -0.25) is 4.79 Å². The molecule has 3 heterocycles. The Balaban J connectivity index is 1.64. The molecule has 1 fully saturated rings. The lowest BCUT2D eigenvalue weighted by Crippen LogP contribution is -2.31. The van der Waals surface area contributed by atoms with Crippen LogP contribution < -0.4 is 0 Å². The number of hydrogen-bond acceptors (Lipinski definition) is 4. The first-order valence-corrected chi connectivity index (χ1v) is 9.64. The van der Waals surface area contributed by atoms with Gasteiger partial charge in [-0.25, -0.2) is 9.97 Å². The van der Waals surface area contributed by atoms with E-state index < -0.39 is 0 Å². The molecule has 1 N–H and O–H groups in total. The van der Waals surface area contributed by atoms with Crippen LogP contribution in [0.4, 0.5) is 0 Å². The van der Waals surface area contributed by atoms with Crippen LogP contribution in [0.15, 0.2) is 23.6 Å². The Morgan fingerprint density at radius 3 is 2.92 bits per heavy atom. The number of para-hydroxylation sites is 1. The average molecular weight is 354 g/mol. The Bertz CT molecular complexity index is 927. The number of hydrogen-bond donors (Lipinski definition) is 1. The van der Waals surface area contributed by atoms with Gasteiger partial charge in [-0.05, 0) is 37.3 Å². The van der Waals surface area contributed by atoms with Crippen LogP contribution in [0, 0.1) is 6.92 Å². The molecule has 4 rings (SSSR count). The van der Waals surface area contributed by atoms with Gasteiger partial charge in [0.15, 0.2) is 5.01 Å². The van der Waals surface area contributed by atoms with Crippen molar-refractivity contribution in [2.75, 3.05) is 6.54 Å². The number of aromatic amines is 1. The first-order valence-electron chi connectivity index (χ1n) is 8.76. The molecule has 1 aliphatic rings. The molecule has 0 bridgehead atoms. The summed E-state index contributed by atoms with van der Waals surface area (Å²) in [6, 6.07) is 6.13. The molecule has 0 spiro atoms. The molecule has 6 heteroatoms. The molecule has 0 aliphatic carbocycles. The van der Waals surface area contributed by atoms with Crippen LogP contribution in [0.2, 0.25) is 0 Å². The molecule has 130 valence electrons. The Morgan fingerprint density at radius 1 is 1.36 bits per heavy atom. The van der Waals surface area contributed by atoms with Crippen molar-refractivity contribution < 1.29 is 4.79 Å². The van der Waals surface area contributed by atoms with Crippen molar-refractivity contribution in [2.24, 2.45) is 0 Å². The third-order valence-electron chi connectivity index (χ3n) is 4.86. The second-order valence-corrected chi connectivity index (χ2v) is 7.84. The summed E-state index contributed by atoms with van der Waals surface area (Å²) < 4.78 is 0. The highest BCUT2D eigenvalue weighted by Crippen LogP contribution is 2.33. The second-order valence-electron chi connectivity index (χ2n) is 6.98. The van der Waals surface area contributed by atoms with E-state index >= 15 is 0 Å². The molecule has 5 nitrogen and oxygen atoms in total. The van der Waals surface area contributed by atoms with Crippen molar-refractivity contribution in [3.63, 3.8) is 0 Å². The smallest absolute Gasteiger partial charge is 0.283 e. The van der Waals surface area contributed by atoms with E-state index in [1.54, 1.807) is 0 Å². The largest absolute Gasteiger partial charge is 0.340 e. The number of aryl methyl sites for hydroxylation is 1. The molecule has 0 saturated carbocycles. The molecular weight excluding hydrogens is 332 g/mol. The van der Waals surface area contributed by atoms with Crippen LogP contribution in [-0.2, 0) is 0 Å². The number of fused-ring (bicyclic) bond motifs is 1. The van der Waals surface area contributed by atoms with Crippen molar-refractivity contribution in [1.29, 1.82) is 0 Å². The predicted octanol–water partition coefficient (Wildman–Crippen LogP) is 4.43. The SMILES string of the molecule is Cc1cccc2[nH]c(C3CCCN3C(=O)c3nc(C(C)C)cs3)nc12. The molecule has 3 aromatic rings. The number of benzene rings is 1. The standard InChI is InChI=1S/C19H22N4OS/c1-11(2)14-10-25-18(21-14)19(24)23-9-5-8-15(23)17-20-13-7-4-6-12(3)16(13)22-17/h4,6-7,10-11,15H,5,8-9H2,1-3H3,(H,20,22). The fourth-order valence-electron chi connectivity index (χ4n) is 3.42. The van der Waals surface area contributed by atoms with Crippen LogP contribution in [-0.4, -0.2) is 32.3 Å². The quantitative estimate of drug-likeness (QED) is 0.757. The van der Waals surface area contributed by atoms with E-state index in [-0.39, 0.29) is 11.9 Å². The number of carbonyl (C=O) groups excluding carboxylic acids is 1. The van der Waals surface area contributed by atoms with Crippen molar-refractivity contribution in [2.45, 2.75) is 45.6 Å². The van der Waals surface area contributed by atoms with Gasteiger partial charge in [-0.1, -0.05) is 26.0 Å². The summed E-state index contributed by atoms with van der Waals surface area (Å²) in [5.41, 5.74) is 4.17. The summed E-state index contributed by atoms with van der Waals surface area (Å²) in [4.78, 5) is 27.6. The van der Waals surface area contributed by atoms with Gasteiger partial charge in [0, 0.05) is 11.9 Å². The predicted molar refractivity (Wildman–Crippen MR) is 100 cm³/mol. The molecule has 1 saturated heterocycles. The van der Waals surface area contributed by atoms with Crippen molar-refractivity contribution >= 4 is 28.3 Å². The van der Waals surface area contributed by atoms with E-state index in [1.165, 1.54) is 11.3 Å². The van der Waals surface area contributed by atoms with Gasteiger partial charge in [0.05, 0.1) is 22.8 Å². The Morgan fingerprint density at radius 2 is 2.20 bits per heavy atom. The highest BCUT2D eigenvalue weighted by Gasteiger charge is 2.34. The minimum atomic E-state index is 0.00528. The van der Waals surface area contributed by atoms with E-state index in [9.17, 15) is 4.79 Å². The number of thiazole rings is 1. The van der Waals surface area contributed by atoms with E-state index in [0.717, 1.165) is 47.5 Å². The maximum atomic E-state index is 13.0. The van der Waals surface area contributed by atoms with E-state index in [2.05, 4.69) is 36.8 Å². The van der Waals surface area contributed by atoms with Gasteiger partial charge in [0.25, 0.3) is 5.91 Å². The van der Waals surface area contributed by atoms with Gasteiger partial charge in [0.1, 0.15) is 5.82 Å². The van der Waals surface area contributed by atoms with Crippen LogP contribution in [0.25, 0.3) is 11.0 Å². The summed E-state index contributed by atoms with van der Waals surface area (Å²) in [6.45, 7) is 7.01. The molecule has 25 heavy (non-hydrogen) atoms. The van der Waals surface area contributed by atoms with Gasteiger partial charge in [-0.2, -0.15) is 0 Å². The highest BCUT2D eigenvalue weighted by atomic mass is 32.1. The van der Waals surface area contributed by atoms with E-state index in [4.69, 9.17) is 4.98 Å². The van der Waals surface area contributed by atoms with Crippen LogP contribution in [0.1, 0.15) is 65.5 Å². The molecule has 1 aliphatic heterocycles. The molecule has 1 atom stereocenters. The maximum absolute atomic E-state index is 13.0. The zero-order valence-electron chi connectivity index (χ0n) is 14.7. The first-order chi connectivity index (χ1) is 12.0. The fourth-order valence-corrected chi connectivity index (χ4v) is 4.35. The monoisotopic (exact) mass is 354 g/mol. The third kappa shape index (κ3) is 2.84. The summed E-state index contributed by atoms with van der Waals surface area (Å²) >= 11 is 1.44. The molecule has 1 amide bonds. The lowest BCUT2D eigenvalue weighted by molar-refractivity contribution is 0.0730. The van der Waals surface area contributed by atoms with Crippen LogP contribution in [0.3, 0.4) is 0 Å². The van der Waals surface area contributed by atoms with Crippen LogP contribution >= 0.6 is 11.3 Å². The lowest BCUT2D eigenvalue weighted by Gasteiger charge is -2.22. The minimum absolute atomic E-state index is 0.00528. The molecule has 2 aromatic heterocycles. The topological polar surface area (TPSA) is 61.9 Å². The van der Waals surface area contributed by atoms with Gasteiger partial charge >= 0.3 is 0 Å². The third-order valence-corrected chi connectivity index (χ3v) is 5.71. The Hall–Kier alpha value is -2.21. The van der Waals surface area contributed by atoms with Gasteiger partial charge in [0.2, 0.25) is 0 Å². The zero-order valence-corrected chi connectivity index (χ0v) is 15.6. The number of likely N-dealkylation sites (tertiary alicyclic amines) is 1. The van der Waals surface area contributed by atoms with Crippen molar-refractivity contribution in [1.82, 2.24) is 19.9 Å². The van der Waals surface area contributed by atoms with Gasteiger partial charge < -0.3 is 9.88 Å². The molecule has 1 unspecified atom stereocenters. The number of rotatable bonds is 3. The summed E-state index contributed by atoms with van der Waals surface area (Å²) in [6.07, 6.45) is 1.93.